The zero-order valence-corrected chi connectivity index (χ0v) is 7.30. The minimum Gasteiger partial charge on any atom is -0.481 e. The summed E-state index contributed by atoms with van der Waals surface area (Å²) in [5, 5.41) is 0. The number of nitrogens with zero attached hydrogens (tertiary/aromatic N) is 1. The summed E-state index contributed by atoms with van der Waals surface area (Å²) in [4.78, 5) is 3.74. The first kappa shape index (κ1) is 8.97. The number of hydrogen-bond donors (Lipinski definition) is 0. The second-order valence-corrected chi connectivity index (χ2v) is 2.57. The Kier molecular flexibility index (Phi) is 3.02. The van der Waals surface area contributed by atoms with Crippen molar-refractivity contribution in [3.8, 4) is 5.88 Å². The maximum atomic E-state index is 13.0. The monoisotopic (exact) mass is 169 g/mol. The highest BCUT2D eigenvalue weighted by Crippen LogP contribution is 2.14. The van der Waals surface area contributed by atoms with Gasteiger partial charge in [0.25, 0.3) is 0 Å². The Balaban J connectivity index is 2.91. The van der Waals surface area contributed by atoms with Crippen LogP contribution in [0, 0.1) is 5.82 Å². The lowest BCUT2D eigenvalue weighted by molar-refractivity contribution is 0.394. The average Bonchev–Trinajstić information content (AvgIpc) is 2.09. The zero-order valence-electron chi connectivity index (χ0n) is 7.30. The molecule has 2 nitrogen and oxygen atoms in total. The summed E-state index contributed by atoms with van der Waals surface area (Å²) in [6.07, 6.45) is 2.85. The van der Waals surface area contributed by atoms with Crippen molar-refractivity contribution in [3.05, 3.63) is 23.6 Å². The van der Waals surface area contributed by atoms with E-state index in [1.54, 1.807) is 6.07 Å². The Morgan fingerprint density at radius 3 is 2.92 bits per heavy atom. The molecule has 0 aliphatic heterocycles. The minimum atomic E-state index is -0.252. The SMILES string of the molecule is CCCc1cc(OC)ncc1F. The standard InChI is InChI=1S/C9H12FNO/c1-3-4-7-5-9(12-2)11-6-8(7)10/h5-6H,3-4H2,1-2H3. The van der Waals surface area contributed by atoms with Crippen LogP contribution in [0.5, 0.6) is 5.88 Å². The van der Waals surface area contributed by atoms with Gasteiger partial charge in [-0.1, -0.05) is 13.3 Å². The molecule has 0 atom stereocenters. The van der Waals surface area contributed by atoms with Gasteiger partial charge >= 0.3 is 0 Å². The fourth-order valence-corrected chi connectivity index (χ4v) is 1.03. The highest BCUT2D eigenvalue weighted by Gasteiger charge is 2.03. The van der Waals surface area contributed by atoms with Gasteiger partial charge < -0.3 is 4.74 Å². The number of halogens is 1. The predicted octanol–water partition coefficient (Wildman–Crippen LogP) is 2.18. The highest BCUT2D eigenvalue weighted by atomic mass is 19.1. The Morgan fingerprint density at radius 1 is 1.58 bits per heavy atom. The van der Waals surface area contributed by atoms with Gasteiger partial charge in [0, 0.05) is 6.07 Å². The van der Waals surface area contributed by atoms with Gasteiger partial charge in [-0.15, -0.1) is 0 Å². The molecule has 0 aliphatic rings. The summed E-state index contributed by atoms with van der Waals surface area (Å²) in [5.41, 5.74) is 0.671. The van der Waals surface area contributed by atoms with Gasteiger partial charge in [0.15, 0.2) is 0 Å². The lowest BCUT2D eigenvalue weighted by Gasteiger charge is -2.02. The zero-order chi connectivity index (χ0) is 8.97. The first-order valence-corrected chi connectivity index (χ1v) is 3.96. The maximum Gasteiger partial charge on any atom is 0.213 e. The third-order valence-electron chi connectivity index (χ3n) is 1.64. The predicted molar refractivity (Wildman–Crippen MR) is 44.7 cm³/mol. The molecule has 0 fully saturated rings. The van der Waals surface area contributed by atoms with Gasteiger partial charge in [0.05, 0.1) is 13.3 Å². The number of aromatic nitrogens is 1. The molecule has 66 valence electrons. The fraction of sp³-hybridized carbons (Fsp3) is 0.444. The van der Waals surface area contributed by atoms with Crippen molar-refractivity contribution in [3.63, 3.8) is 0 Å². The largest absolute Gasteiger partial charge is 0.481 e. The van der Waals surface area contributed by atoms with Crippen LogP contribution < -0.4 is 4.74 Å². The first-order chi connectivity index (χ1) is 5.77. The Hall–Kier alpha value is -1.12. The van der Waals surface area contributed by atoms with Crippen LogP contribution >= 0.6 is 0 Å². The van der Waals surface area contributed by atoms with Crippen LogP contribution in [0.2, 0.25) is 0 Å². The third kappa shape index (κ3) is 1.94. The van der Waals surface area contributed by atoms with E-state index in [1.807, 2.05) is 6.92 Å². The fourth-order valence-electron chi connectivity index (χ4n) is 1.03. The lowest BCUT2D eigenvalue weighted by Crippen LogP contribution is -1.94. The van der Waals surface area contributed by atoms with Crippen LogP contribution in [-0.2, 0) is 6.42 Å². The molecule has 0 N–H and O–H groups in total. The summed E-state index contributed by atoms with van der Waals surface area (Å²) in [5.74, 6) is 0.220. The van der Waals surface area contributed by atoms with Crippen LogP contribution in [0.25, 0.3) is 0 Å². The number of ether oxygens (including phenoxy) is 1. The topological polar surface area (TPSA) is 22.1 Å². The molecule has 1 heterocycles. The van der Waals surface area contributed by atoms with E-state index in [4.69, 9.17) is 4.74 Å². The molecule has 0 spiro atoms. The van der Waals surface area contributed by atoms with Crippen molar-refractivity contribution in [2.45, 2.75) is 19.8 Å². The van der Waals surface area contributed by atoms with Crippen LogP contribution in [0.15, 0.2) is 12.3 Å². The third-order valence-corrected chi connectivity index (χ3v) is 1.64. The Morgan fingerprint density at radius 2 is 2.33 bits per heavy atom. The maximum absolute atomic E-state index is 13.0. The van der Waals surface area contributed by atoms with E-state index in [0.29, 0.717) is 11.4 Å². The molecular formula is C9H12FNO. The van der Waals surface area contributed by atoms with Crippen molar-refractivity contribution in [2.75, 3.05) is 7.11 Å². The summed E-state index contributed by atoms with van der Waals surface area (Å²) in [6, 6.07) is 1.64. The molecule has 1 aromatic rings. The molecule has 0 aromatic carbocycles. The molecule has 12 heavy (non-hydrogen) atoms. The smallest absolute Gasteiger partial charge is 0.213 e. The van der Waals surface area contributed by atoms with Gasteiger partial charge in [-0.2, -0.15) is 0 Å². The molecule has 3 heteroatoms. The molecule has 1 aromatic heterocycles. The van der Waals surface area contributed by atoms with E-state index in [-0.39, 0.29) is 5.82 Å². The molecular weight excluding hydrogens is 157 g/mol. The van der Waals surface area contributed by atoms with Gasteiger partial charge in [0.1, 0.15) is 5.82 Å². The van der Waals surface area contributed by atoms with Crippen molar-refractivity contribution in [1.29, 1.82) is 0 Å². The molecule has 0 radical (unpaired) electrons. The van der Waals surface area contributed by atoms with E-state index in [9.17, 15) is 4.39 Å². The molecule has 0 unspecified atom stereocenters. The second-order valence-electron chi connectivity index (χ2n) is 2.57. The second kappa shape index (κ2) is 4.04. The van der Waals surface area contributed by atoms with Crippen molar-refractivity contribution in [2.24, 2.45) is 0 Å². The van der Waals surface area contributed by atoms with Gasteiger partial charge in [-0.05, 0) is 12.0 Å². The molecule has 0 bridgehead atoms. The highest BCUT2D eigenvalue weighted by molar-refractivity contribution is 5.22. The molecule has 1 rings (SSSR count). The van der Waals surface area contributed by atoms with E-state index in [2.05, 4.69) is 4.98 Å². The number of pyridine rings is 1. The summed E-state index contributed by atoms with van der Waals surface area (Å²) >= 11 is 0. The average molecular weight is 169 g/mol. The Labute approximate surface area is 71.4 Å². The summed E-state index contributed by atoms with van der Waals surface area (Å²) in [7, 11) is 1.52. The van der Waals surface area contributed by atoms with Gasteiger partial charge in [0.2, 0.25) is 5.88 Å². The van der Waals surface area contributed by atoms with Crippen molar-refractivity contribution in [1.82, 2.24) is 4.98 Å². The number of methoxy groups -OCH3 is 1. The minimum absolute atomic E-state index is 0.252. The molecule has 0 saturated carbocycles. The molecule has 0 amide bonds. The van der Waals surface area contributed by atoms with Crippen LogP contribution in [0.3, 0.4) is 0 Å². The van der Waals surface area contributed by atoms with Gasteiger partial charge in [-0.25, -0.2) is 9.37 Å². The number of hydrogen-bond acceptors (Lipinski definition) is 2. The van der Waals surface area contributed by atoms with Crippen LogP contribution in [0.4, 0.5) is 4.39 Å². The number of rotatable bonds is 3. The van der Waals surface area contributed by atoms with E-state index < -0.39 is 0 Å². The van der Waals surface area contributed by atoms with E-state index in [1.165, 1.54) is 13.3 Å². The quantitative estimate of drug-likeness (QED) is 0.691. The molecule has 0 saturated heterocycles. The molecule has 0 aliphatic carbocycles. The van der Waals surface area contributed by atoms with Crippen molar-refractivity contribution >= 4 is 0 Å². The Bertz CT molecular complexity index is 263. The van der Waals surface area contributed by atoms with E-state index in [0.717, 1.165) is 12.8 Å². The summed E-state index contributed by atoms with van der Waals surface area (Å²) in [6.45, 7) is 2.01. The van der Waals surface area contributed by atoms with Gasteiger partial charge in [-0.3, -0.25) is 0 Å². The lowest BCUT2D eigenvalue weighted by atomic mass is 10.1. The van der Waals surface area contributed by atoms with Crippen LogP contribution in [0.1, 0.15) is 18.9 Å². The number of aryl methyl sites for hydroxylation is 1. The van der Waals surface area contributed by atoms with Crippen LogP contribution in [-0.4, -0.2) is 12.1 Å². The summed E-state index contributed by atoms with van der Waals surface area (Å²) < 4.78 is 17.9. The normalized spacial score (nSPS) is 9.92. The van der Waals surface area contributed by atoms with Crippen molar-refractivity contribution < 1.29 is 9.13 Å². The van der Waals surface area contributed by atoms with E-state index >= 15 is 0 Å². The first-order valence-electron chi connectivity index (χ1n) is 3.96.